The van der Waals surface area contributed by atoms with Gasteiger partial charge in [-0.05, 0) is 62.6 Å². The Kier molecular flexibility index (Phi) is 5.45. The van der Waals surface area contributed by atoms with Gasteiger partial charge in [0.05, 0.1) is 4.90 Å². The molecule has 1 heterocycles. The van der Waals surface area contributed by atoms with Gasteiger partial charge in [0, 0.05) is 23.7 Å². The van der Waals surface area contributed by atoms with Gasteiger partial charge < -0.3 is 4.90 Å². The van der Waals surface area contributed by atoms with Gasteiger partial charge >= 0.3 is 0 Å². The molecule has 1 aliphatic heterocycles. The zero-order chi connectivity index (χ0) is 17.9. The highest BCUT2D eigenvalue weighted by molar-refractivity contribution is 7.90. The van der Waals surface area contributed by atoms with Gasteiger partial charge in [-0.15, -0.1) is 4.40 Å². The van der Waals surface area contributed by atoms with Crippen LogP contribution in [0.4, 0.5) is 0 Å². The first-order valence-electron chi connectivity index (χ1n) is 8.38. The molecule has 0 atom stereocenters. The maximum Gasteiger partial charge on any atom is 0.284 e. The maximum absolute atomic E-state index is 12.8. The van der Waals surface area contributed by atoms with Crippen molar-refractivity contribution in [2.45, 2.75) is 31.1 Å². The fourth-order valence-corrected chi connectivity index (χ4v) is 4.03. The molecule has 0 N–H and O–H groups in total. The van der Waals surface area contributed by atoms with Crippen LogP contribution in [0.3, 0.4) is 0 Å². The fraction of sp³-hybridized carbons (Fsp3) is 0.316. The molecule has 0 aromatic heterocycles. The molecule has 25 heavy (non-hydrogen) atoms. The second kappa shape index (κ2) is 7.58. The minimum absolute atomic E-state index is 0.210. The molecule has 0 unspecified atom stereocenters. The zero-order valence-corrected chi connectivity index (χ0v) is 15.7. The predicted octanol–water partition coefficient (Wildman–Crippen LogP) is 4.27. The third kappa shape index (κ3) is 4.41. The number of hydrogen-bond donors (Lipinski definition) is 0. The van der Waals surface area contributed by atoms with E-state index in [1.165, 1.54) is 0 Å². The summed E-state index contributed by atoms with van der Waals surface area (Å²) in [7, 11) is -3.77. The molecular weight excluding hydrogens is 356 g/mol. The molecule has 3 rings (SSSR count). The lowest BCUT2D eigenvalue weighted by atomic mass is 10.1. The highest BCUT2D eigenvalue weighted by Crippen LogP contribution is 2.20. The number of sulfonamides is 1. The molecule has 1 aliphatic rings. The molecule has 132 valence electrons. The summed E-state index contributed by atoms with van der Waals surface area (Å²) in [5, 5.41) is 0.614. The van der Waals surface area contributed by atoms with Crippen molar-refractivity contribution in [3.8, 4) is 0 Å². The van der Waals surface area contributed by atoms with Crippen molar-refractivity contribution >= 4 is 27.5 Å². The monoisotopic (exact) mass is 376 g/mol. The van der Waals surface area contributed by atoms with Crippen molar-refractivity contribution in [3.63, 3.8) is 0 Å². The van der Waals surface area contributed by atoms with Crippen LogP contribution in [0.5, 0.6) is 0 Å². The van der Waals surface area contributed by atoms with Crippen molar-refractivity contribution in [2.75, 3.05) is 13.1 Å². The van der Waals surface area contributed by atoms with Crippen LogP contribution < -0.4 is 0 Å². The van der Waals surface area contributed by atoms with E-state index in [1.807, 2.05) is 19.1 Å². The van der Waals surface area contributed by atoms with Crippen molar-refractivity contribution < 1.29 is 8.42 Å². The summed E-state index contributed by atoms with van der Waals surface area (Å²) in [5.74, 6) is 0.497. The number of nitrogens with zero attached hydrogens (tertiary/aromatic N) is 2. The summed E-state index contributed by atoms with van der Waals surface area (Å²) in [6, 6.07) is 13.9. The van der Waals surface area contributed by atoms with Crippen LogP contribution in [0.25, 0.3) is 0 Å². The van der Waals surface area contributed by atoms with Gasteiger partial charge in [0.2, 0.25) is 0 Å². The van der Waals surface area contributed by atoms with Gasteiger partial charge in [-0.1, -0.05) is 29.3 Å². The molecule has 6 heteroatoms. The molecule has 2 aromatic rings. The summed E-state index contributed by atoms with van der Waals surface area (Å²) in [4.78, 5) is 2.26. The van der Waals surface area contributed by atoms with Gasteiger partial charge in [-0.25, -0.2) is 0 Å². The van der Waals surface area contributed by atoms with E-state index in [1.54, 1.807) is 36.4 Å². The van der Waals surface area contributed by atoms with Crippen molar-refractivity contribution in [2.24, 2.45) is 4.40 Å². The SMILES string of the molecule is Cc1ccc(S(=O)(=O)N=C(c2ccc(Cl)cc2)N2CCCCC2)cc1. The third-order valence-corrected chi connectivity index (χ3v) is 5.82. The maximum atomic E-state index is 12.8. The normalized spacial score (nSPS) is 16.1. The number of likely N-dealkylation sites (tertiary alicyclic amines) is 1. The van der Waals surface area contributed by atoms with Crippen LogP contribution in [0.1, 0.15) is 30.4 Å². The summed E-state index contributed by atoms with van der Waals surface area (Å²) in [6.07, 6.45) is 3.24. The van der Waals surface area contributed by atoms with Crippen molar-refractivity contribution in [1.82, 2.24) is 4.90 Å². The molecule has 0 spiro atoms. The van der Waals surface area contributed by atoms with Gasteiger partial charge in [0.15, 0.2) is 0 Å². The Balaban J connectivity index is 2.04. The first-order valence-corrected chi connectivity index (χ1v) is 10.2. The number of amidine groups is 1. The van der Waals surface area contributed by atoms with E-state index >= 15 is 0 Å². The number of aryl methyl sites for hydroxylation is 1. The predicted molar refractivity (Wildman–Crippen MR) is 102 cm³/mol. The quantitative estimate of drug-likeness (QED) is 0.593. The van der Waals surface area contributed by atoms with E-state index in [2.05, 4.69) is 9.30 Å². The fourth-order valence-electron chi connectivity index (χ4n) is 2.87. The van der Waals surface area contributed by atoms with Gasteiger partial charge in [-0.3, -0.25) is 0 Å². The molecule has 4 nitrogen and oxygen atoms in total. The largest absolute Gasteiger partial charge is 0.355 e. The highest BCUT2D eigenvalue weighted by Gasteiger charge is 2.21. The second-order valence-corrected chi connectivity index (χ2v) is 8.30. The molecule has 0 aliphatic carbocycles. The van der Waals surface area contributed by atoms with E-state index in [4.69, 9.17) is 11.6 Å². The molecular formula is C19H21ClN2O2S. The van der Waals surface area contributed by atoms with Crippen molar-refractivity contribution in [1.29, 1.82) is 0 Å². The van der Waals surface area contributed by atoms with Crippen molar-refractivity contribution in [3.05, 3.63) is 64.7 Å². The Morgan fingerprint density at radius 3 is 2.16 bits per heavy atom. The number of benzene rings is 2. The lowest BCUT2D eigenvalue weighted by Crippen LogP contribution is -2.36. The number of halogens is 1. The summed E-state index contributed by atoms with van der Waals surface area (Å²) in [6.45, 7) is 3.54. The molecule has 0 radical (unpaired) electrons. The van der Waals surface area contributed by atoms with Crippen LogP contribution in [-0.4, -0.2) is 32.2 Å². The summed E-state index contributed by atoms with van der Waals surface area (Å²) >= 11 is 5.97. The number of rotatable bonds is 3. The van der Waals surface area contributed by atoms with Crippen LogP contribution in [0.15, 0.2) is 57.8 Å². The summed E-state index contributed by atoms with van der Waals surface area (Å²) in [5.41, 5.74) is 1.78. The van der Waals surface area contributed by atoms with E-state index in [0.717, 1.165) is 43.5 Å². The minimum Gasteiger partial charge on any atom is -0.355 e. The molecule has 0 saturated carbocycles. The van der Waals surface area contributed by atoms with Crippen LogP contribution >= 0.6 is 11.6 Å². The van der Waals surface area contributed by atoms with Crippen LogP contribution in [0, 0.1) is 6.92 Å². The third-order valence-electron chi connectivity index (χ3n) is 4.28. The lowest BCUT2D eigenvalue weighted by Gasteiger charge is -2.29. The molecule has 1 saturated heterocycles. The number of piperidine rings is 1. The van der Waals surface area contributed by atoms with Gasteiger partial charge in [0.25, 0.3) is 10.0 Å². The standard InChI is InChI=1S/C19H21ClN2O2S/c1-15-5-11-18(12-6-15)25(23,24)21-19(22-13-3-2-4-14-22)16-7-9-17(20)10-8-16/h5-12H,2-4,13-14H2,1H3. The average molecular weight is 377 g/mol. The Morgan fingerprint density at radius 2 is 1.56 bits per heavy atom. The Morgan fingerprint density at radius 1 is 0.960 bits per heavy atom. The van der Waals surface area contributed by atoms with E-state index in [9.17, 15) is 8.42 Å². The smallest absolute Gasteiger partial charge is 0.284 e. The highest BCUT2D eigenvalue weighted by atomic mass is 35.5. The van der Waals surface area contributed by atoms with Crippen LogP contribution in [0.2, 0.25) is 5.02 Å². The molecule has 0 bridgehead atoms. The average Bonchev–Trinajstić information content (AvgIpc) is 2.62. The van der Waals surface area contributed by atoms with E-state index < -0.39 is 10.0 Å². The summed E-state index contributed by atoms with van der Waals surface area (Å²) < 4.78 is 29.8. The molecule has 0 amide bonds. The number of hydrogen-bond acceptors (Lipinski definition) is 2. The van der Waals surface area contributed by atoms with Gasteiger partial charge in [0.1, 0.15) is 5.84 Å². The Labute approximate surface area is 154 Å². The first-order chi connectivity index (χ1) is 12.0. The van der Waals surface area contributed by atoms with E-state index in [-0.39, 0.29) is 4.90 Å². The minimum atomic E-state index is -3.77. The first kappa shape index (κ1) is 18.0. The molecule has 2 aromatic carbocycles. The van der Waals surface area contributed by atoms with Gasteiger partial charge in [-0.2, -0.15) is 8.42 Å². The lowest BCUT2D eigenvalue weighted by molar-refractivity contribution is 0.343. The Bertz CT molecular complexity index is 853. The van der Waals surface area contributed by atoms with Crippen LogP contribution in [-0.2, 0) is 10.0 Å². The second-order valence-electron chi connectivity index (χ2n) is 6.26. The van der Waals surface area contributed by atoms with E-state index in [0.29, 0.717) is 10.9 Å². The topological polar surface area (TPSA) is 49.7 Å². The Hall–Kier alpha value is -1.85. The zero-order valence-electron chi connectivity index (χ0n) is 14.2. The molecule has 1 fully saturated rings.